The van der Waals surface area contributed by atoms with Gasteiger partial charge in [0.05, 0.1) is 6.54 Å². The fourth-order valence-corrected chi connectivity index (χ4v) is 2.06. The minimum atomic E-state index is -0.949. The summed E-state index contributed by atoms with van der Waals surface area (Å²) in [6.07, 6.45) is 1.82. The van der Waals surface area contributed by atoms with Crippen LogP contribution in [0.3, 0.4) is 0 Å². The smallest absolute Gasteiger partial charge is 0.320 e. The molecule has 1 amide bonds. The number of hydrogen-bond acceptors (Lipinski definition) is 3. The normalized spacial score (nSPS) is 15.9. The van der Waals surface area contributed by atoms with Gasteiger partial charge in [0.25, 0.3) is 0 Å². The van der Waals surface area contributed by atoms with Crippen LogP contribution >= 0.6 is 0 Å². The van der Waals surface area contributed by atoms with E-state index in [0.29, 0.717) is 5.69 Å². The molecule has 0 saturated heterocycles. The standard InChI is InChI=1S/C14H17FN2O3/c1-9(14(19)20)17(12-5-6-12)8-13(18)16-11-4-2-3-10(15)7-11/h2-4,7,9,12H,5-6,8H2,1H3,(H,16,18)(H,19,20). The van der Waals surface area contributed by atoms with Crippen LogP contribution in [0.2, 0.25) is 0 Å². The monoisotopic (exact) mass is 280 g/mol. The lowest BCUT2D eigenvalue weighted by Crippen LogP contribution is -2.44. The van der Waals surface area contributed by atoms with Crippen molar-refractivity contribution in [3.05, 3.63) is 30.1 Å². The largest absolute Gasteiger partial charge is 0.480 e. The van der Waals surface area contributed by atoms with Gasteiger partial charge in [-0.05, 0) is 38.0 Å². The second-order valence-electron chi connectivity index (χ2n) is 4.98. The molecule has 2 N–H and O–H groups in total. The van der Waals surface area contributed by atoms with Gasteiger partial charge >= 0.3 is 5.97 Å². The molecule has 1 saturated carbocycles. The van der Waals surface area contributed by atoms with Crippen LogP contribution in [0.4, 0.5) is 10.1 Å². The molecule has 1 aliphatic carbocycles. The van der Waals surface area contributed by atoms with Gasteiger partial charge in [-0.2, -0.15) is 0 Å². The van der Waals surface area contributed by atoms with E-state index >= 15 is 0 Å². The van der Waals surface area contributed by atoms with E-state index in [0.717, 1.165) is 12.8 Å². The molecule has 1 aliphatic rings. The predicted molar refractivity (Wildman–Crippen MR) is 71.9 cm³/mol. The van der Waals surface area contributed by atoms with Crippen molar-refractivity contribution in [3.63, 3.8) is 0 Å². The van der Waals surface area contributed by atoms with Crippen molar-refractivity contribution < 1.29 is 19.1 Å². The van der Waals surface area contributed by atoms with Crippen LogP contribution in [-0.2, 0) is 9.59 Å². The van der Waals surface area contributed by atoms with Crippen molar-refractivity contribution in [2.24, 2.45) is 0 Å². The highest BCUT2D eigenvalue weighted by Crippen LogP contribution is 2.28. The average Bonchev–Trinajstić information content (AvgIpc) is 3.19. The van der Waals surface area contributed by atoms with Gasteiger partial charge in [0.2, 0.25) is 5.91 Å². The number of anilines is 1. The van der Waals surface area contributed by atoms with E-state index in [4.69, 9.17) is 5.11 Å². The molecule has 0 aromatic heterocycles. The molecule has 0 radical (unpaired) electrons. The summed E-state index contributed by atoms with van der Waals surface area (Å²) in [5.74, 6) is -1.72. The van der Waals surface area contributed by atoms with Gasteiger partial charge in [-0.1, -0.05) is 6.07 Å². The van der Waals surface area contributed by atoms with E-state index in [1.807, 2.05) is 0 Å². The number of carbonyl (C=O) groups excluding carboxylic acids is 1. The third kappa shape index (κ3) is 3.77. The molecule has 0 heterocycles. The van der Waals surface area contributed by atoms with Crippen molar-refractivity contribution in [1.82, 2.24) is 4.90 Å². The Morgan fingerprint density at radius 1 is 1.50 bits per heavy atom. The Kier molecular flexibility index (Phi) is 4.34. The molecule has 1 aromatic carbocycles. The van der Waals surface area contributed by atoms with E-state index in [1.165, 1.54) is 18.2 Å². The molecule has 20 heavy (non-hydrogen) atoms. The summed E-state index contributed by atoms with van der Waals surface area (Å²) in [5, 5.41) is 11.6. The van der Waals surface area contributed by atoms with Crippen molar-refractivity contribution >= 4 is 17.6 Å². The van der Waals surface area contributed by atoms with Crippen LogP contribution in [0.25, 0.3) is 0 Å². The Labute approximate surface area is 116 Å². The summed E-state index contributed by atoms with van der Waals surface area (Å²) in [6, 6.07) is 5.05. The van der Waals surface area contributed by atoms with Gasteiger partial charge in [0, 0.05) is 11.7 Å². The maximum atomic E-state index is 13.0. The van der Waals surface area contributed by atoms with Gasteiger partial charge in [-0.15, -0.1) is 0 Å². The second kappa shape index (κ2) is 6.00. The summed E-state index contributed by atoms with van der Waals surface area (Å²) < 4.78 is 13.0. The number of carbonyl (C=O) groups is 2. The number of halogens is 1. The molecule has 0 bridgehead atoms. The molecule has 1 atom stereocenters. The first kappa shape index (κ1) is 14.5. The third-order valence-corrected chi connectivity index (χ3v) is 3.31. The Morgan fingerprint density at radius 2 is 2.20 bits per heavy atom. The number of benzene rings is 1. The molecule has 1 aromatic rings. The zero-order valence-electron chi connectivity index (χ0n) is 11.2. The van der Waals surface area contributed by atoms with E-state index in [2.05, 4.69) is 5.32 Å². The molecule has 5 nitrogen and oxygen atoms in total. The van der Waals surface area contributed by atoms with Gasteiger partial charge < -0.3 is 10.4 Å². The molecule has 0 spiro atoms. The topological polar surface area (TPSA) is 69.6 Å². The number of rotatable bonds is 6. The Hall–Kier alpha value is -1.95. The van der Waals surface area contributed by atoms with Crippen LogP contribution in [0.5, 0.6) is 0 Å². The molecule has 2 rings (SSSR count). The molecule has 0 aliphatic heterocycles. The average molecular weight is 280 g/mol. The highest BCUT2D eigenvalue weighted by Gasteiger charge is 2.36. The van der Waals surface area contributed by atoms with Crippen molar-refractivity contribution in [1.29, 1.82) is 0 Å². The molecular weight excluding hydrogens is 263 g/mol. The van der Waals surface area contributed by atoms with Crippen LogP contribution in [0, 0.1) is 5.82 Å². The van der Waals surface area contributed by atoms with Crippen molar-refractivity contribution in [3.8, 4) is 0 Å². The molecule has 108 valence electrons. The predicted octanol–water partition coefficient (Wildman–Crippen LogP) is 1.70. The van der Waals surface area contributed by atoms with Crippen LogP contribution < -0.4 is 5.32 Å². The number of nitrogens with one attached hydrogen (secondary N) is 1. The summed E-state index contributed by atoms with van der Waals surface area (Å²) in [6.45, 7) is 1.56. The fourth-order valence-electron chi connectivity index (χ4n) is 2.06. The third-order valence-electron chi connectivity index (χ3n) is 3.31. The second-order valence-corrected chi connectivity index (χ2v) is 4.98. The van der Waals surface area contributed by atoms with Crippen LogP contribution in [0.15, 0.2) is 24.3 Å². The van der Waals surface area contributed by atoms with E-state index < -0.39 is 17.8 Å². The quantitative estimate of drug-likeness (QED) is 0.832. The number of amides is 1. The van der Waals surface area contributed by atoms with Gasteiger partial charge in [-0.3, -0.25) is 14.5 Å². The number of nitrogens with zero attached hydrogens (tertiary/aromatic N) is 1. The SMILES string of the molecule is CC(C(=O)O)N(CC(=O)Nc1cccc(F)c1)C1CC1. The zero-order chi connectivity index (χ0) is 14.7. The first-order chi connectivity index (χ1) is 9.47. The molecule has 6 heteroatoms. The lowest BCUT2D eigenvalue weighted by atomic mass is 10.2. The minimum Gasteiger partial charge on any atom is -0.480 e. The lowest BCUT2D eigenvalue weighted by Gasteiger charge is -2.25. The Bertz CT molecular complexity index is 517. The Balaban J connectivity index is 1.96. The maximum absolute atomic E-state index is 13.0. The van der Waals surface area contributed by atoms with Crippen molar-refractivity contribution in [2.45, 2.75) is 31.8 Å². The summed E-state index contributed by atoms with van der Waals surface area (Å²) in [4.78, 5) is 24.6. The summed E-state index contributed by atoms with van der Waals surface area (Å²) in [5.41, 5.74) is 0.369. The fraction of sp³-hybridized carbons (Fsp3) is 0.429. The number of carboxylic acid groups (broad SMARTS) is 1. The first-order valence-electron chi connectivity index (χ1n) is 6.51. The molecule has 1 fully saturated rings. The van der Waals surface area contributed by atoms with Crippen LogP contribution in [-0.4, -0.2) is 40.5 Å². The molecular formula is C14H17FN2O3. The van der Waals surface area contributed by atoms with Gasteiger partial charge in [-0.25, -0.2) is 4.39 Å². The van der Waals surface area contributed by atoms with Crippen LogP contribution in [0.1, 0.15) is 19.8 Å². The van der Waals surface area contributed by atoms with E-state index in [1.54, 1.807) is 17.9 Å². The Morgan fingerprint density at radius 3 is 2.75 bits per heavy atom. The lowest BCUT2D eigenvalue weighted by molar-refractivity contribution is -0.143. The minimum absolute atomic E-state index is 0.00531. The van der Waals surface area contributed by atoms with E-state index in [9.17, 15) is 14.0 Å². The van der Waals surface area contributed by atoms with Gasteiger partial charge in [0.15, 0.2) is 0 Å². The zero-order valence-corrected chi connectivity index (χ0v) is 11.2. The van der Waals surface area contributed by atoms with Gasteiger partial charge in [0.1, 0.15) is 11.9 Å². The number of carboxylic acids is 1. The molecule has 1 unspecified atom stereocenters. The van der Waals surface area contributed by atoms with E-state index in [-0.39, 0.29) is 18.5 Å². The van der Waals surface area contributed by atoms with Crippen molar-refractivity contribution in [2.75, 3.05) is 11.9 Å². The highest BCUT2D eigenvalue weighted by atomic mass is 19.1. The highest BCUT2D eigenvalue weighted by molar-refractivity contribution is 5.92. The summed E-state index contributed by atoms with van der Waals surface area (Å²) in [7, 11) is 0. The maximum Gasteiger partial charge on any atom is 0.320 e. The number of aliphatic carboxylic acids is 1. The summed E-state index contributed by atoms with van der Waals surface area (Å²) >= 11 is 0. The first-order valence-corrected chi connectivity index (χ1v) is 6.51. The number of hydrogen-bond donors (Lipinski definition) is 2.